The first kappa shape index (κ1) is 18.6. The summed E-state index contributed by atoms with van der Waals surface area (Å²) in [5, 5.41) is 12.8. The van der Waals surface area contributed by atoms with Crippen LogP contribution in [-0.4, -0.2) is 16.2 Å². The van der Waals surface area contributed by atoms with Crippen molar-refractivity contribution in [2.24, 2.45) is 0 Å². The number of carbonyl (C=O) groups excluding carboxylic acids is 1. The summed E-state index contributed by atoms with van der Waals surface area (Å²) in [5.41, 5.74) is 4.35. The zero-order valence-corrected chi connectivity index (χ0v) is 15.6. The molecule has 3 rings (SSSR count). The van der Waals surface area contributed by atoms with Gasteiger partial charge in [-0.2, -0.15) is 5.10 Å². The number of aromatic amines is 1. The van der Waals surface area contributed by atoms with E-state index in [1.807, 2.05) is 31.2 Å². The van der Waals surface area contributed by atoms with Crippen LogP contribution < -0.4 is 10.6 Å². The summed E-state index contributed by atoms with van der Waals surface area (Å²) >= 11 is 0. The summed E-state index contributed by atoms with van der Waals surface area (Å²) in [6.07, 6.45) is 0.654. The van der Waals surface area contributed by atoms with Gasteiger partial charge in [0.1, 0.15) is 11.5 Å². The monoisotopic (exact) mass is 366 g/mol. The molecule has 3 aromatic rings. The molecule has 140 valence electrons. The first-order valence-electron chi connectivity index (χ1n) is 8.99. The van der Waals surface area contributed by atoms with Crippen molar-refractivity contribution in [1.82, 2.24) is 10.2 Å². The minimum absolute atomic E-state index is 0.353. The van der Waals surface area contributed by atoms with Crippen LogP contribution in [0.15, 0.2) is 48.5 Å². The summed E-state index contributed by atoms with van der Waals surface area (Å²) in [7, 11) is 0. The summed E-state index contributed by atoms with van der Waals surface area (Å²) in [6.45, 7) is 6.19. The lowest BCUT2D eigenvalue weighted by molar-refractivity contribution is 0.262. The molecule has 0 aliphatic rings. The van der Waals surface area contributed by atoms with Gasteiger partial charge in [0.25, 0.3) is 0 Å². The number of hydrogen-bond acceptors (Lipinski definition) is 2. The van der Waals surface area contributed by atoms with Crippen molar-refractivity contribution in [2.75, 3.05) is 10.6 Å². The molecular weight excluding hydrogens is 343 g/mol. The molecule has 5 nitrogen and oxygen atoms in total. The van der Waals surface area contributed by atoms with Gasteiger partial charge in [0.05, 0.1) is 11.4 Å². The van der Waals surface area contributed by atoms with Crippen molar-refractivity contribution in [3.63, 3.8) is 0 Å². The number of anilines is 2. The summed E-state index contributed by atoms with van der Waals surface area (Å²) < 4.78 is 13.6. The quantitative estimate of drug-likeness (QED) is 0.554. The third-order valence-corrected chi connectivity index (χ3v) is 4.37. The lowest BCUT2D eigenvalue weighted by atomic mass is 10.0. The molecule has 0 radical (unpaired) electrons. The number of urea groups is 1. The normalized spacial score (nSPS) is 10.9. The molecule has 0 saturated heterocycles. The summed E-state index contributed by atoms with van der Waals surface area (Å²) in [5.74, 6) is 0.0777. The van der Waals surface area contributed by atoms with Gasteiger partial charge < -0.3 is 10.6 Å². The van der Waals surface area contributed by atoms with Gasteiger partial charge in [-0.1, -0.05) is 45.0 Å². The van der Waals surface area contributed by atoms with E-state index in [0.717, 1.165) is 5.69 Å². The molecule has 0 spiro atoms. The molecule has 1 aromatic heterocycles. The number of carbonyl (C=O) groups is 1. The Labute approximate surface area is 158 Å². The summed E-state index contributed by atoms with van der Waals surface area (Å²) in [4.78, 5) is 12.5. The number of aryl methyl sites for hydroxylation is 1. The Kier molecular flexibility index (Phi) is 5.54. The maximum atomic E-state index is 13.6. The molecule has 3 N–H and O–H groups in total. The van der Waals surface area contributed by atoms with E-state index in [2.05, 4.69) is 34.7 Å². The van der Waals surface area contributed by atoms with Crippen molar-refractivity contribution in [2.45, 2.75) is 33.1 Å². The second kappa shape index (κ2) is 8.03. The smallest absolute Gasteiger partial charge is 0.308 e. The number of nitrogens with zero attached hydrogens (tertiary/aromatic N) is 1. The van der Waals surface area contributed by atoms with Gasteiger partial charge in [-0.25, -0.2) is 9.18 Å². The Hall–Kier alpha value is -3.15. The van der Waals surface area contributed by atoms with Gasteiger partial charge in [0.2, 0.25) is 0 Å². The lowest BCUT2D eigenvalue weighted by Gasteiger charge is -2.11. The fraction of sp³-hybridized carbons (Fsp3) is 0.238. The number of rotatable bonds is 5. The predicted molar refractivity (Wildman–Crippen MR) is 107 cm³/mol. The first-order valence-corrected chi connectivity index (χ1v) is 8.99. The SMILES string of the molecule is CCc1[nH]nc(-c2cccc(F)c2)c1NC(=O)Nc1ccc(C(C)C)cc1. The maximum absolute atomic E-state index is 13.6. The van der Waals surface area contributed by atoms with E-state index < -0.39 is 0 Å². The lowest BCUT2D eigenvalue weighted by Crippen LogP contribution is -2.20. The molecule has 6 heteroatoms. The molecule has 0 unspecified atom stereocenters. The van der Waals surface area contributed by atoms with Crippen molar-refractivity contribution < 1.29 is 9.18 Å². The number of hydrogen-bond donors (Lipinski definition) is 3. The van der Waals surface area contributed by atoms with Crippen LogP contribution in [0.3, 0.4) is 0 Å². The molecule has 2 amide bonds. The van der Waals surface area contributed by atoms with Crippen LogP contribution in [0.5, 0.6) is 0 Å². The molecule has 0 aliphatic heterocycles. The van der Waals surface area contributed by atoms with Gasteiger partial charge in [0, 0.05) is 11.3 Å². The van der Waals surface area contributed by atoms with Crippen LogP contribution in [0.4, 0.5) is 20.6 Å². The van der Waals surface area contributed by atoms with E-state index in [1.54, 1.807) is 12.1 Å². The van der Waals surface area contributed by atoms with E-state index in [-0.39, 0.29) is 11.8 Å². The third kappa shape index (κ3) is 4.34. The Bertz CT molecular complexity index is 932. The fourth-order valence-corrected chi connectivity index (χ4v) is 2.84. The van der Waals surface area contributed by atoms with Crippen LogP contribution in [0.2, 0.25) is 0 Å². The van der Waals surface area contributed by atoms with E-state index in [9.17, 15) is 9.18 Å². The Morgan fingerprint density at radius 1 is 1.15 bits per heavy atom. The molecular formula is C21H23FN4O. The molecule has 0 aliphatic carbocycles. The number of H-pyrrole nitrogens is 1. The van der Waals surface area contributed by atoms with Crippen LogP contribution in [-0.2, 0) is 6.42 Å². The van der Waals surface area contributed by atoms with Crippen molar-refractivity contribution in [1.29, 1.82) is 0 Å². The molecule has 27 heavy (non-hydrogen) atoms. The molecule has 0 fully saturated rings. The molecule has 1 heterocycles. The number of aromatic nitrogens is 2. The van der Waals surface area contributed by atoms with Crippen LogP contribution in [0, 0.1) is 5.82 Å². The topological polar surface area (TPSA) is 69.8 Å². The highest BCUT2D eigenvalue weighted by Crippen LogP contribution is 2.29. The number of nitrogens with one attached hydrogen (secondary N) is 3. The second-order valence-electron chi connectivity index (χ2n) is 6.65. The fourth-order valence-electron chi connectivity index (χ4n) is 2.84. The molecule has 0 bridgehead atoms. The second-order valence-corrected chi connectivity index (χ2v) is 6.65. The minimum Gasteiger partial charge on any atom is -0.308 e. The van der Waals surface area contributed by atoms with E-state index in [0.29, 0.717) is 35.0 Å². The first-order chi connectivity index (χ1) is 13.0. The number of halogens is 1. The van der Waals surface area contributed by atoms with Crippen LogP contribution >= 0.6 is 0 Å². The van der Waals surface area contributed by atoms with E-state index in [4.69, 9.17) is 0 Å². The number of benzene rings is 2. The van der Waals surface area contributed by atoms with Crippen molar-refractivity contribution in [3.8, 4) is 11.3 Å². The Morgan fingerprint density at radius 2 is 1.89 bits per heavy atom. The minimum atomic E-state index is -0.374. The van der Waals surface area contributed by atoms with Crippen molar-refractivity contribution >= 4 is 17.4 Å². The van der Waals surface area contributed by atoms with Gasteiger partial charge in [0.15, 0.2) is 0 Å². The zero-order valence-electron chi connectivity index (χ0n) is 15.6. The highest BCUT2D eigenvalue weighted by Gasteiger charge is 2.17. The highest BCUT2D eigenvalue weighted by molar-refractivity contribution is 6.02. The highest BCUT2D eigenvalue weighted by atomic mass is 19.1. The Morgan fingerprint density at radius 3 is 2.52 bits per heavy atom. The predicted octanol–water partition coefficient (Wildman–Crippen LogP) is 5.55. The average molecular weight is 366 g/mol. The van der Waals surface area contributed by atoms with Crippen LogP contribution in [0.25, 0.3) is 11.3 Å². The van der Waals surface area contributed by atoms with Gasteiger partial charge in [-0.05, 0) is 42.2 Å². The summed E-state index contributed by atoms with van der Waals surface area (Å²) in [6, 6.07) is 13.5. The van der Waals surface area contributed by atoms with E-state index in [1.165, 1.54) is 17.7 Å². The van der Waals surface area contributed by atoms with Gasteiger partial charge >= 0.3 is 6.03 Å². The van der Waals surface area contributed by atoms with Crippen molar-refractivity contribution in [3.05, 3.63) is 65.6 Å². The molecule has 0 saturated carbocycles. The number of amides is 2. The Balaban J connectivity index is 1.80. The van der Waals surface area contributed by atoms with Gasteiger partial charge in [-0.3, -0.25) is 5.10 Å². The maximum Gasteiger partial charge on any atom is 0.323 e. The standard InChI is InChI=1S/C21H23FN4O/c1-4-18-20(19(26-25-18)15-6-5-7-16(22)12-15)24-21(27)23-17-10-8-14(9-11-17)13(2)3/h5-13H,4H2,1-3H3,(H,25,26)(H2,23,24,27). The average Bonchev–Trinajstić information content (AvgIpc) is 3.04. The third-order valence-electron chi connectivity index (χ3n) is 4.37. The molecule has 0 atom stereocenters. The van der Waals surface area contributed by atoms with E-state index >= 15 is 0 Å². The molecule has 2 aromatic carbocycles. The largest absolute Gasteiger partial charge is 0.323 e. The van der Waals surface area contributed by atoms with Crippen LogP contribution in [0.1, 0.15) is 37.9 Å². The zero-order chi connectivity index (χ0) is 19.4. The van der Waals surface area contributed by atoms with Gasteiger partial charge in [-0.15, -0.1) is 0 Å².